The Morgan fingerprint density at radius 1 is 1.30 bits per heavy atom. The lowest BCUT2D eigenvalue weighted by molar-refractivity contribution is -0.134. The van der Waals surface area contributed by atoms with Crippen molar-refractivity contribution in [1.29, 1.82) is 0 Å². The number of hydrogen-bond acceptors (Lipinski definition) is 3. The molecule has 0 atom stereocenters. The van der Waals surface area contributed by atoms with Gasteiger partial charge >= 0.3 is 0 Å². The van der Waals surface area contributed by atoms with Crippen molar-refractivity contribution in [2.24, 2.45) is 0 Å². The van der Waals surface area contributed by atoms with Crippen molar-refractivity contribution in [3.8, 4) is 5.75 Å². The van der Waals surface area contributed by atoms with Crippen LogP contribution in [0.15, 0.2) is 18.2 Å². The average molecular weight is 276 g/mol. The molecule has 20 heavy (non-hydrogen) atoms. The number of hydrogen-bond donors (Lipinski definition) is 1. The van der Waals surface area contributed by atoms with Crippen molar-refractivity contribution >= 4 is 5.91 Å². The van der Waals surface area contributed by atoms with Crippen molar-refractivity contribution in [3.05, 3.63) is 29.3 Å². The summed E-state index contributed by atoms with van der Waals surface area (Å²) in [5.74, 6) is 0.851. The molecule has 1 amide bonds. The minimum absolute atomic E-state index is 0.0813. The maximum absolute atomic E-state index is 12.1. The summed E-state index contributed by atoms with van der Waals surface area (Å²) in [6, 6.07) is 6.46. The first kappa shape index (κ1) is 14.9. The third kappa shape index (κ3) is 3.73. The number of rotatable bonds is 4. The lowest BCUT2D eigenvalue weighted by Crippen LogP contribution is -2.45. The first-order valence-electron chi connectivity index (χ1n) is 7.25. The maximum atomic E-state index is 12.1. The molecule has 1 saturated heterocycles. The molecule has 4 heteroatoms. The molecule has 1 aliphatic heterocycles. The second-order valence-electron chi connectivity index (χ2n) is 5.48. The summed E-state index contributed by atoms with van der Waals surface area (Å²) < 4.78 is 5.60. The molecule has 1 aromatic rings. The second kappa shape index (κ2) is 6.75. The number of aryl methyl sites for hydroxylation is 2. The molecule has 2 rings (SSSR count). The van der Waals surface area contributed by atoms with Crippen LogP contribution in [0.1, 0.15) is 24.0 Å². The highest BCUT2D eigenvalue weighted by atomic mass is 16.5. The Morgan fingerprint density at radius 3 is 2.60 bits per heavy atom. The predicted octanol–water partition coefficient (Wildman–Crippen LogP) is 1.89. The SMILES string of the molecule is CNC1CCN(C(=O)COc2ccc(C)c(C)c2)CC1. The van der Waals surface area contributed by atoms with Gasteiger partial charge in [0.15, 0.2) is 6.61 Å². The monoisotopic (exact) mass is 276 g/mol. The molecule has 4 nitrogen and oxygen atoms in total. The number of likely N-dealkylation sites (tertiary alicyclic amines) is 1. The first-order chi connectivity index (χ1) is 9.60. The summed E-state index contributed by atoms with van der Waals surface area (Å²) in [6.07, 6.45) is 2.04. The highest BCUT2D eigenvalue weighted by Crippen LogP contribution is 2.17. The summed E-state index contributed by atoms with van der Waals surface area (Å²) >= 11 is 0. The average Bonchev–Trinajstić information content (AvgIpc) is 2.48. The Labute approximate surface area is 121 Å². The van der Waals surface area contributed by atoms with E-state index in [2.05, 4.69) is 12.2 Å². The fourth-order valence-electron chi connectivity index (χ4n) is 2.46. The fourth-order valence-corrected chi connectivity index (χ4v) is 2.46. The van der Waals surface area contributed by atoms with Gasteiger partial charge in [0, 0.05) is 19.1 Å². The Kier molecular flexibility index (Phi) is 5.01. The summed E-state index contributed by atoms with van der Waals surface area (Å²) in [5, 5.41) is 3.26. The normalized spacial score (nSPS) is 16.2. The molecule has 110 valence electrons. The van der Waals surface area contributed by atoms with Crippen LogP contribution >= 0.6 is 0 Å². The molecular formula is C16H24N2O2. The molecule has 1 aromatic carbocycles. The lowest BCUT2D eigenvalue weighted by atomic mass is 10.1. The van der Waals surface area contributed by atoms with Crippen molar-refractivity contribution in [1.82, 2.24) is 10.2 Å². The Morgan fingerprint density at radius 2 is 2.00 bits per heavy atom. The molecule has 1 heterocycles. The zero-order valence-electron chi connectivity index (χ0n) is 12.6. The standard InChI is InChI=1S/C16H24N2O2/c1-12-4-5-15(10-13(12)2)20-11-16(19)18-8-6-14(17-3)7-9-18/h4-5,10,14,17H,6-9,11H2,1-3H3. The van der Waals surface area contributed by atoms with E-state index in [0.29, 0.717) is 6.04 Å². The van der Waals surface area contributed by atoms with Gasteiger partial charge in [-0.1, -0.05) is 6.07 Å². The van der Waals surface area contributed by atoms with Crippen LogP contribution in [0.25, 0.3) is 0 Å². The summed E-state index contributed by atoms with van der Waals surface area (Å²) in [7, 11) is 1.98. The number of carbonyl (C=O) groups is 1. The quantitative estimate of drug-likeness (QED) is 0.913. The molecular weight excluding hydrogens is 252 g/mol. The summed E-state index contributed by atoms with van der Waals surface area (Å²) in [5.41, 5.74) is 2.42. The van der Waals surface area contributed by atoms with E-state index in [9.17, 15) is 4.79 Å². The molecule has 0 unspecified atom stereocenters. The second-order valence-corrected chi connectivity index (χ2v) is 5.48. The van der Waals surface area contributed by atoms with Gasteiger partial charge in [0.2, 0.25) is 0 Å². The third-order valence-corrected chi connectivity index (χ3v) is 4.10. The van der Waals surface area contributed by atoms with Gasteiger partial charge in [-0.3, -0.25) is 4.79 Å². The fraction of sp³-hybridized carbons (Fsp3) is 0.562. The Hall–Kier alpha value is -1.55. The van der Waals surface area contributed by atoms with Crippen molar-refractivity contribution in [2.45, 2.75) is 32.7 Å². The van der Waals surface area contributed by atoms with Crippen LogP contribution in [-0.4, -0.2) is 43.6 Å². The van der Waals surface area contributed by atoms with Gasteiger partial charge in [0.25, 0.3) is 5.91 Å². The van der Waals surface area contributed by atoms with Crippen molar-refractivity contribution < 1.29 is 9.53 Å². The van der Waals surface area contributed by atoms with Crippen LogP contribution in [0.2, 0.25) is 0 Å². The molecule has 1 fully saturated rings. The maximum Gasteiger partial charge on any atom is 0.260 e. The van der Waals surface area contributed by atoms with Crippen LogP contribution in [0.3, 0.4) is 0 Å². The topological polar surface area (TPSA) is 41.6 Å². The van der Waals surface area contributed by atoms with Crippen LogP contribution in [-0.2, 0) is 4.79 Å². The smallest absolute Gasteiger partial charge is 0.260 e. The van der Waals surface area contributed by atoms with Crippen LogP contribution in [0, 0.1) is 13.8 Å². The minimum Gasteiger partial charge on any atom is -0.484 e. The molecule has 0 aliphatic carbocycles. The third-order valence-electron chi connectivity index (χ3n) is 4.10. The number of carbonyl (C=O) groups excluding carboxylic acids is 1. The number of ether oxygens (including phenoxy) is 1. The molecule has 0 spiro atoms. The lowest BCUT2D eigenvalue weighted by Gasteiger charge is -2.31. The van der Waals surface area contributed by atoms with Gasteiger partial charge < -0.3 is 15.0 Å². The number of amides is 1. The Balaban J connectivity index is 1.81. The number of nitrogens with one attached hydrogen (secondary N) is 1. The summed E-state index contributed by atoms with van der Waals surface area (Å²) in [4.78, 5) is 14.0. The predicted molar refractivity (Wildman–Crippen MR) is 80.1 cm³/mol. The van der Waals surface area contributed by atoms with Gasteiger partial charge in [-0.25, -0.2) is 0 Å². The van der Waals surface area contributed by atoms with E-state index >= 15 is 0 Å². The van der Waals surface area contributed by atoms with Crippen LogP contribution in [0.4, 0.5) is 0 Å². The van der Waals surface area contributed by atoms with Gasteiger partial charge in [-0.15, -0.1) is 0 Å². The van der Waals surface area contributed by atoms with E-state index in [4.69, 9.17) is 4.74 Å². The van der Waals surface area contributed by atoms with Crippen LogP contribution < -0.4 is 10.1 Å². The molecule has 0 aromatic heterocycles. The number of benzene rings is 1. The largest absolute Gasteiger partial charge is 0.484 e. The zero-order valence-corrected chi connectivity index (χ0v) is 12.6. The number of nitrogens with zero attached hydrogens (tertiary/aromatic N) is 1. The molecule has 1 N–H and O–H groups in total. The van der Waals surface area contributed by atoms with Crippen molar-refractivity contribution in [2.75, 3.05) is 26.7 Å². The van der Waals surface area contributed by atoms with E-state index in [1.54, 1.807) is 0 Å². The highest BCUT2D eigenvalue weighted by molar-refractivity contribution is 5.77. The van der Waals surface area contributed by atoms with Gasteiger partial charge in [0.1, 0.15) is 5.75 Å². The number of piperidine rings is 1. The Bertz CT molecular complexity index is 466. The first-order valence-corrected chi connectivity index (χ1v) is 7.25. The minimum atomic E-state index is 0.0813. The van der Waals surface area contributed by atoms with E-state index in [1.165, 1.54) is 11.1 Å². The molecule has 0 radical (unpaired) electrons. The highest BCUT2D eigenvalue weighted by Gasteiger charge is 2.21. The van der Waals surface area contributed by atoms with Gasteiger partial charge in [-0.2, -0.15) is 0 Å². The van der Waals surface area contributed by atoms with Crippen molar-refractivity contribution in [3.63, 3.8) is 0 Å². The van der Waals surface area contributed by atoms with Gasteiger partial charge in [0.05, 0.1) is 0 Å². The summed E-state index contributed by atoms with van der Waals surface area (Å²) in [6.45, 7) is 5.89. The molecule has 0 saturated carbocycles. The molecule has 1 aliphatic rings. The van der Waals surface area contributed by atoms with E-state index in [0.717, 1.165) is 31.7 Å². The zero-order chi connectivity index (χ0) is 14.5. The van der Waals surface area contributed by atoms with E-state index < -0.39 is 0 Å². The van der Waals surface area contributed by atoms with Crippen LogP contribution in [0.5, 0.6) is 5.75 Å². The van der Waals surface area contributed by atoms with E-state index in [1.807, 2.05) is 37.1 Å². The van der Waals surface area contributed by atoms with E-state index in [-0.39, 0.29) is 12.5 Å². The molecule has 0 bridgehead atoms. The van der Waals surface area contributed by atoms with Gasteiger partial charge in [-0.05, 0) is 57.0 Å².